The molecule has 7 heteroatoms. The molecule has 122 valence electrons. The number of amides is 1. The molecule has 0 spiro atoms. The van der Waals surface area contributed by atoms with Crippen LogP contribution in [-0.2, 0) is 21.2 Å². The fourth-order valence-electron chi connectivity index (χ4n) is 2.08. The Balaban J connectivity index is 2.23. The van der Waals surface area contributed by atoms with Gasteiger partial charge in [0, 0.05) is 10.6 Å². The average molecular weight is 444 g/mol. The predicted molar refractivity (Wildman–Crippen MR) is 97.5 cm³/mol. The molecule has 2 rings (SSSR count). The van der Waals surface area contributed by atoms with E-state index in [-0.39, 0.29) is 17.2 Å². The molecule has 2 N–H and O–H groups in total. The third kappa shape index (κ3) is 5.02. The van der Waals surface area contributed by atoms with Gasteiger partial charge in [0.1, 0.15) is 6.04 Å². The zero-order valence-electron chi connectivity index (χ0n) is 12.5. The molecule has 0 aliphatic heterocycles. The first kappa shape index (κ1) is 17.9. The third-order valence-electron chi connectivity index (χ3n) is 3.27. The number of likely N-dealkylation sites (N-methyl/N-ethyl adjacent to an activating group) is 1. The van der Waals surface area contributed by atoms with E-state index in [1.807, 2.05) is 30.3 Å². The van der Waals surface area contributed by atoms with Crippen molar-refractivity contribution in [3.8, 4) is 0 Å². The van der Waals surface area contributed by atoms with Crippen LogP contribution in [0.5, 0.6) is 0 Å². The summed E-state index contributed by atoms with van der Waals surface area (Å²) in [6.07, 6.45) is 0.282. The van der Waals surface area contributed by atoms with Gasteiger partial charge in [-0.15, -0.1) is 0 Å². The van der Waals surface area contributed by atoms with Crippen molar-refractivity contribution >= 4 is 38.5 Å². The monoisotopic (exact) mass is 444 g/mol. The zero-order chi connectivity index (χ0) is 16.9. The highest BCUT2D eigenvalue weighted by Crippen LogP contribution is 2.13. The fourth-order valence-corrected chi connectivity index (χ4v) is 3.64. The van der Waals surface area contributed by atoms with Gasteiger partial charge in [0.25, 0.3) is 0 Å². The standard InChI is InChI=1S/C16H17IN2O3S/c1-18-16(20)15(11-12-5-3-2-4-6-12)19-23(21,22)14-9-7-13(17)8-10-14/h2-10,15,19H,11H2,1H3,(H,18,20). The molecular formula is C16H17IN2O3S. The number of halogens is 1. The molecule has 0 aliphatic carbocycles. The van der Waals surface area contributed by atoms with Crippen LogP contribution in [0, 0.1) is 3.57 Å². The summed E-state index contributed by atoms with van der Waals surface area (Å²) in [5.41, 5.74) is 0.881. The van der Waals surface area contributed by atoms with Crippen molar-refractivity contribution in [3.63, 3.8) is 0 Å². The molecule has 0 fully saturated rings. The first-order valence-electron chi connectivity index (χ1n) is 6.96. The maximum absolute atomic E-state index is 12.5. The highest BCUT2D eigenvalue weighted by molar-refractivity contribution is 14.1. The number of sulfonamides is 1. The highest BCUT2D eigenvalue weighted by atomic mass is 127. The molecule has 0 aliphatic rings. The van der Waals surface area contributed by atoms with Gasteiger partial charge >= 0.3 is 0 Å². The molecule has 0 saturated carbocycles. The van der Waals surface area contributed by atoms with Gasteiger partial charge in [0.15, 0.2) is 0 Å². The van der Waals surface area contributed by atoms with Gasteiger partial charge < -0.3 is 5.32 Å². The summed E-state index contributed by atoms with van der Waals surface area (Å²) >= 11 is 2.10. The topological polar surface area (TPSA) is 75.3 Å². The minimum atomic E-state index is -3.77. The van der Waals surface area contributed by atoms with Crippen LogP contribution in [0.1, 0.15) is 5.56 Å². The molecule has 0 heterocycles. The minimum absolute atomic E-state index is 0.139. The lowest BCUT2D eigenvalue weighted by Crippen LogP contribution is -2.46. The Morgan fingerprint density at radius 2 is 1.70 bits per heavy atom. The van der Waals surface area contributed by atoms with Crippen molar-refractivity contribution in [3.05, 3.63) is 63.7 Å². The summed E-state index contributed by atoms with van der Waals surface area (Å²) in [7, 11) is -2.28. The number of hydrogen-bond donors (Lipinski definition) is 2. The molecule has 0 radical (unpaired) electrons. The maximum atomic E-state index is 12.5. The first-order valence-corrected chi connectivity index (χ1v) is 9.52. The van der Waals surface area contributed by atoms with Crippen LogP contribution in [0.2, 0.25) is 0 Å². The van der Waals surface area contributed by atoms with E-state index in [0.29, 0.717) is 0 Å². The second-order valence-electron chi connectivity index (χ2n) is 4.93. The van der Waals surface area contributed by atoms with E-state index >= 15 is 0 Å². The van der Waals surface area contributed by atoms with Crippen molar-refractivity contribution in [2.24, 2.45) is 0 Å². The molecule has 23 heavy (non-hydrogen) atoms. The molecule has 0 bridgehead atoms. The zero-order valence-corrected chi connectivity index (χ0v) is 15.5. The van der Waals surface area contributed by atoms with E-state index in [9.17, 15) is 13.2 Å². The summed E-state index contributed by atoms with van der Waals surface area (Å²) in [6, 6.07) is 14.9. The summed E-state index contributed by atoms with van der Waals surface area (Å²) in [6.45, 7) is 0. The second kappa shape index (κ2) is 7.89. The lowest BCUT2D eigenvalue weighted by Gasteiger charge is -2.17. The Morgan fingerprint density at radius 3 is 2.26 bits per heavy atom. The lowest BCUT2D eigenvalue weighted by atomic mass is 10.1. The van der Waals surface area contributed by atoms with Gasteiger partial charge in [-0.25, -0.2) is 8.42 Å². The lowest BCUT2D eigenvalue weighted by molar-refractivity contribution is -0.122. The van der Waals surface area contributed by atoms with Crippen molar-refractivity contribution in [1.29, 1.82) is 0 Å². The molecule has 1 unspecified atom stereocenters. The van der Waals surface area contributed by atoms with Gasteiger partial charge in [0.2, 0.25) is 15.9 Å². The summed E-state index contributed by atoms with van der Waals surface area (Å²) in [4.78, 5) is 12.2. The first-order chi connectivity index (χ1) is 10.9. The van der Waals surface area contributed by atoms with Crippen LogP contribution in [0.4, 0.5) is 0 Å². The van der Waals surface area contributed by atoms with Crippen molar-refractivity contribution < 1.29 is 13.2 Å². The Kier molecular flexibility index (Phi) is 6.14. The molecule has 2 aromatic rings. The predicted octanol–water partition coefficient (Wildman–Crippen LogP) is 1.93. The summed E-state index contributed by atoms with van der Waals surface area (Å²) < 4.78 is 28.4. The number of carbonyl (C=O) groups excluding carboxylic acids is 1. The van der Waals surface area contributed by atoms with E-state index in [1.165, 1.54) is 19.2 Å². The van der Waals surface area contributed by atoms with Crippen LogP contribution >= 0.6 is 22.6 Å². The van der Waals surface area contributed by atoms with Gasteiger partial charge in [0.05, 0.1) is 4.90 Å². The van der Waals surface area contributed by atoms with E-state index in [2.05, 4.69) is 32.6 Å². The molecule has 5 nitrogen and oxygen atoms in total. The molecule has 1 amide bonds. The number of nitrogens with one attached hydrogen (secondary N) is 2. The van der Waals surface area contributed by atoms with Crippen LogP contribution in [0.25, 0.3) is 0 Å². The minimum Gasteiger partial charge on any atom is -0.358 e. The SMILES string of the molecule is CNC(=O)C(Cc1ccccc1)NS(=O)(=O)c1ccc(I)cc1. The Bertz CT molecular complexity index is 762. The molecule has 0 saturated heterocycles. The number of benzene rings is 2. The number of rotatable bonds is 6. The van der Waals surface area contributed by atoms with Crippen molar-refractivity contribution in [1.82, 2.24) is 10.0 Å². The summed E-state index contributed by atoms with van der Waals surface area (Å²) in [5.74, 6) is -0.372. The average Bonchev–Trinajstić information content (AvgIpc) is 2.54. The van der Waals surface area contributed by atoms with E-state index < -0.39 is 16.1 Å². The summed E-state index contributed by atoms with van der Waals surface area (Å²) in [5, 5.41) is 2.50. The van der Waals surface area contributed by atoms with Gasteiger partial charge in [-0.05, 0) is 58.8 Å². The van der Waals surface area contributed by atoms with Gasteiger partial charge in [-0.2, -0.15) is 4.72 Å². The van der Waals surface area contributed by atoms with Gasteiger partial charge in [-0.3, -0.25) is 4.79 Å². The Hall–Kier alpha value is -1.45. The van der Waals surface area contributed by atoms with E-state index in [0.717, 1.165) is 9.13 Å². The quantitative estimate of drug-likeness (QED) is 0.669. The largest absolute Gasteiger partial charge is 0.358 e. The number of carbonyl (C=O) groups is 1. The molecular weight excluding hydrogens is 427 g/mol. The highest BCUT2D eigenvalue weighted by Gasteiger charge is 2.25. The number of hydrogen-bond acceptors (Lipinski definition) is 3. The van der Waals surface area contributed by atoms with Crippen molar-refractivity contribution in [2.45, 2.75) is 17.4 Å². The van der Waals surface area contributed by atoms with E-state index in [4.69, 9.17) is 0 Å². The van der Waals surface area contributed by atoms with Gasteiger partial charge in [-0.1, -0.05) is 30.3 Å². The molecule has 2 aromatic carbocycles. The van der Waals surface area contributed by atoms with E-state index in [1.54, 1.807) is 12.1 Å². The van der Waals surface area contributed by atoms with Crippen LogP contribution in [-0.4, -0.2) is 27.4 Å². The maximum Gasteiger partial charge on any atom is 0.241 e. The molecule has 0 aromatic heterocycles. The van der Waals surface area contributed by atoms with Crippen molar-refractivity contribution in [2.75, 3.05) is 7.05 Å². The second-order valence-corrected chi connectivity index (χ2v) is 7.89. The smallest absolute Gasteiger partial charge is 0.241 e. The fraction of sp³-hybridized carbons (Fsp3) is 0.188. The van der Waals surface area contributed by atoms with Crippen LogP contribution in [0.15, 0.2) is 59.5 Å². The Labute approximate surface area is 149 Å². The third-order valence-corrected chi connectivity index (χ3v) is 5.47. The normalized spacial score (nSPS) is 12.6. The van der Waals surface area contributed by atoms with Crippen LogP contribution < -0.4 is 10.0 Å². The Morgan fingerprint density at radius 1 is 1.09 bits per heavy atom. The van der Waals surface area contributed by atoms with Crippen LogP contribution in [0.3, 0.4) is 0 Å². The molecule has 1 atom stereocenters.